The van der Waals surface area contributed by atoms with E-state index in [9.17, 15) is 4.79 Å². The summed E-state index contributed by atoms with van der Waals surface area (Å²) >= 11 is 11.7. The fraction of sp³-hybridized carbons (Fsp3) is 0.300. The SMILES string of the molecule is O=C1CC(c2ccc(Cl)cc2Cl)C1. The molecule has 0 atom stereocenters. The number of benzene rings is 1. The molecule has 0 radical (unpaired) electrons. The van der Waals surface area contributed by atoms with Crippen molar-refractivity contribution in [3.63, 3.8) is 0 Å². The van der Waals surface area contributed by atoms with Gasteiger partial charge in [-0.2, -0.15) is 0 Å². The highest BCUT2D eigenvalue weighted by atomic mass is 35.5. The van der Waals surface area contributed by atoms with Gasteiger partial charge in [-0.25, -0.2) is 0 Å². The molecule has 13 heavy (non-hydrogen) atoms. The first-order valence-electron chi connectivity index (χ1n) is 4.13. The monoisotopic (exact) mass is 214 g/mol. The van der Waals surface area contributed by atoms with Gasteiger partial charge in [0.25, 0.3) is 0 Å². The second-order valence-electron chi connectivity index (χ2n) is 3.31. The van der Waals surface area contributed by atoms with Gasteiger partial charge in [0.1, 0.15) is 5.78 Å². The van der Waals surface area contributed by atoms with Gasteiger partial charge >= 0.3 is 0 Å². The number of rotatable bonds is 1. The summed E-state index contributed by atoms with van der Waals surface area (Å²) in [5, 5.41) is 1.31. The van der Waals surface area contributed by atoms with Crippen molar-refractivity contribution in [2.24, 2.45) is 0 Å². The maximum absolute atomic E-state index is 10.8. The van der Waals surface area contributed by atoms with Gasteiger partial charge in [-0.1, -0.05) is 29.3 Å². The van der Waals surface area contributed by atoms with Gasteiger partial charge < -0.3 is 0 Å². The van der Waals surface area contributed by atoms with Gasteiger partial charge in [0.2, 0.25) is 0 Å². The highest BCUT2D eigenvalue weighted by Crippen LogP contribution is 2.38. The molecule has 0 N–H and O–H groups in total. The van der Waals surface area contributed by atoms with Crippen LogP contribution in [-0.2, 0) is 4.79 Å². The number of hydrogen-bond acceptors (Lipinski definition) is 1. The summed E-state index contributed by atoms with van der Waals surface area (Å²) in [7, 11) is 0. The number of halogens is 2. The van der Waals surface area contributed by atoms with Crippen molar-refractivity contribution in [3.05, 3.63) is 33.8 Å². The molecule has 2 rings (SSSR count). The van der Waals surface area contributed by atoms with Crippen LogP contribution in [0.3, 0.4) is 0 Å². The van der Waals surface area contributed by atoms with E-state index in [0.29, 0.717) is 34.6 Å². The molecule has 0 amide bonds. The molecule has 1 nitrogen and oxygen atoms in total. The second kappa shape index (κ2) is 3.32. The van der Waals surface area contributed by atoms with E-state index in [4.69, 9.17) is 23.2 Å². The van der Waals surface area contributed by atoms with Crippen LogP contribution >= 0.6 is 23.2 Å². The molecular formula is C10H8Cl2O. The molecule has 0 unspecified atom stereocenters. The minimum absolute atomic E-state index is 0.316. The molecule has 0 saturated heterocycles. The van der Waals surface area contributed by atoms with Crippen LogP contribution in [0, 0.1) is 0 Å². The average molecular weight is 215 g/mol. The van der Waals surface area contributed by atoms with E-state index in [1.54, 1.807) is 6.07 Å². The van der Waals surface area contributed by atoms with Crippen LogP contribution in [0.4, 0.5) is 0 Å². The minimum Gasteiger partial charge on any atom is -0.300 e. The average Bonchev–Trinajstić information content (AvgIpc) is 2.00. The zero-order valence-electron chi connectivity index (χ0n) is 6.89. The van der Waals surface area contributed by atoms with E-state index in [2.05, 4.69) is 0 Å². The molecule has 1 aliphatic carbocycles. The number of carbonyl (C=O) groups is 1. The lowest BCUT2D eigenvalue weighted by molar-refractivity contribution is -0.124. The molecule has 1 fully saturated rings. The first kappa shape index (κ1) is 9.04. The Morgan fingerprint density at radius 2 is 1.92 bits per heavy atom. The summed E-state index contributed by atoms with van der Waals surface area (Å²) in [4.78, 5) is 10.8. The third-order valence-electron chi connectivity index (χ3n) is 2.35. The molecule has 68 valence electrons. The molecule has 0 bridgehead atoms. The van der Waals surface area contributed by atoms with Crippen molar-refractivity contribution in [2.45, 2.75) is 18.8 Å². The van der Waals surface area contributed by atoms with Gasteiger partial charge in [-0.15, -0.1) is 0 Å². The van der Waals surface area contributed by atoms with E-state index in [1.165, 1.54) is 0 Å². The Kier molecular flexibility index (Phi) is 2.31. The van der Waals surface area contributed by atoms with Gasteiger partial charge in [0.05, 0.1) is 0 Å². The lowest BCUT2D eigenvalue weighted by Gasteiger charge is -2.25. The van der Waals surface area contributed by atoms with Crippen LogP contribution in [0.5, 0.6) is 0 Å². The minimum atomic E-state index is 0.316. The van der Waals surface area contributed by atoms with Crippen LogP contribution < -0.4 is 0 Å². The molecule has 0 heterocycles. The van der Waals surface area contributed by atoms with E-state index in [-0.39, 0.29) is 0 Å². The Labute approximate surface area is 86.7 Å². The summed E-state index contributed by atoms with van der Waals surface area (Å²) in [6, 6.07) is 5.44. The smallest absolute Gasteiger partial charge is 0.134 e. The molecular weight excluding hydrogens is 207 g/mol. The van der Waals surface area contributed by atoms with Crippen molar-refractivity contribution in [1.29, 1.82) is 0 Å². The normalized spacial score (nSPS) is 17.2. The lowest BCUT2D eigenvalue weighted by Crippen LogP contribution is -2.21. The lowest BCUT2D eigenvalue weighted by atomic mass is 9.79. The summed E-state index contributed by atoms with van der Waals surface area (Å²) in [6.45, 7) is 0. The largest absolute Gasteiger partial charge is 0.300 e. The highest BCUT2D eigenvalue weighted by Gasteiger charge is 2.29. The zero-order chi connectivity index (χ0) is 9.42. The summed E-state index contributed by atoms with van der Waals surface area (Å²) < 4.78 is 0. The van der Waals surface area contributed by atoms with Crippen molar-refractivity contribution >= 4 is 29.0 Å². The molecule has 0 aromatic heterocycles. The highest BCUT2D eigenvalue weighted by molar-refractivity contribution is 6.35. The fourth-order valence-electron chi connectivity index (χ4n) is 1.54. The quantitative estimate of drug-likeness (QED) is 0.701. The zero-order valence-corrected chi connectivity index (χ0v) is 8.40. The third kappa shape index (κ3) is 1.72. The van der Waals surface area contributed by atoms with Crippen LogP contribution in [0.15, 0.2) is 18.2 Å². The Morgan fingerprint density at radius 1 is 1.23 bits per heavy atom. The fourth-order valence-corrected chi connectivity index (χ4v) is 2.11. The number of ketones is 1. The number of hydrogen-bond donors (Lipinski definition) is 0. The van der Waals surface area contributed by atoms with Crippen molar-refractivity contribution in [2.75, 3.05) is 0 Å². The van der Waals surface area contributed by atoms with E-state index in [1.807, 2.05) is 12.1 Å². The summed E-state index contributed by atoms with van der Waals surface area (Å²) in [6.07, 6.45) is 1.25. The number of Topliss-reactive ketones (excluding diaryl/α,β-unsaturated/α-hetero) is 1. The van der Waals surface area contributed by atoms with Crippen LogP contribution in [0.2, 0.25) is 10.0 Å². The topological polar surface area (TPSA) is 17.1 Å². The Balaban J connectivity index is 2.26. The predicted octanol–water partition coefficient (Wildman–Crippen LogP) is 3.44. The molecule has 3 heteroatoms. The molecule has 1 aromatic rings. The summed E-state index contributed by atoms with van der Waals surface area (Å²) in [5.41, 5.74) is 1.05. The molecule has 0 spiro atoms. The van der Waals surface area contributed by atoms with Gasteiger partial charge in [0, 0.05) is 22.9 Å². The second-order valence-corrected chi connectivity index (χ2v) is 4.15. The molecule has 1 aromatic carbocycles. The van der Waals surface area contributed by atoms with Crippen molar-refractivity contribution in [3.8, 4) is 0 Å². The van der Waals surface area contributed by atoms with Gasteiger partial charge in [-0.3, -0.25) is 4.79 Å². The Morgan fingerprint density at radius 3 is 2.46 bits per heavy atom. The summed E-state index contributed by atoms with van der Waals surface area (Å²) in [5.74, 6) is 0.633. The Bertz CT molecular complexity index is 352. The van der Waals surface area contributed by atoms with E-state index in [0.717, 1.165) is 5.56 Å². The van der Waals surface area contributed by atoms with Crippen LogP contribution in [-0.4, -0.2) is 5.78 Å². The standard InChI is InChI=1S/C10H8Cl2O/c11-7-1-2-9(10(12)5-7)6-3-8(13)4-6/h1-2,5-6H,3-4H2. The number of carbonyl (C=O) groups excluding carboxylic acids is 1. The first-order chi connectivity index (χ1) is 6.16. The molecule has 0 aliphatic heterocycles. The van der Waals surface area contributed by atoms with Gasteiger partial charge in [0.15, 0.2) is 0 Å². The van der Waals surface area contributed by atoms with Crippen molar-refractivity contribution in [1.82, 2.24) is 0 Å². The molecule has 1 aliphatic rings. The first-order valence-corrected chi connectivity index (χ1v) is 4.89. The van der Waals surface area contributed by atoms with E-state index >= 15 is 0 Å². The van der Waals surface area contributed by atoms with Crippen molar-refractivity contribution < 1.29 is 4.79 Å². The molecule has 1 saturated carbocycles. The maximum Gasteiger partial charge on any atom is 0.134 e. The predicted molar refractivity (Wildman–Crippen MR) is 53.4 cm³/mol. The Hall–Kier alpha value is -0.530. The third-order valence-corrected chi connectivity index (χ3v) is 2.91. The van der Waals surface area contributed by atoms with Crippen LogP contribution in [0.25, 0.3) is 0 Å². The van der Waals surface area contributed by atoms with Crippen LogP contribution in [0.1, 0.15) is 24.3 Å². The maximum atomic E-state index is 10.8. The van der Waals surface area contributed by atoms with Gasteiger partial charge in [-0.05, 0) is 23.6 Å². The van der Waals surface area contributed by atoms with E-state index < -0.39 is 0 Å².